The van der Waals surface area contributed by atoms with Crippen LogP contribution in [0.5, 0.6) is 0 Å². The molecule has 4 heteroatoms. The van der Waals surface area contributed by atoms with E-state index < -0.39 is 6.04 Å². The Morgan fingerprint density at radius 2 is 1.65 bits per heavy atom. The average molecular weight is 354 g/mol. The summed E-state index contributed by atoms with van der Waals surface area (Å²) in [6.45, 7) is 2.05. The van der Waals surface area contributed by atoms with Gasteiger partial charge in [-0.15, -0.1) is 0 Å². The summed E-state index contributed by atoms with van der Waals surface area (Å²) in [4.78, 5) is 28.0. The highest BCUT2D eigenvalue weighted by molar-refractivity contribution is 5.93. The molecule has 1 heterocycles. The summed E-state index contributed by atoms with van der Waals surface area (Å²) in [6, 6.07) is 8.16. The third-order valence-electron chi connectivity index (χ3n) is 6.53. The maximum Gasteiger partial charge on any atom is 0.247 e. The Hall–Kier alpha value is -1.84. The molecule has 3 atom stereocenters. The number of amides is 2. The molecule has 0 spiro atoms. The lowest BCUT2D eigenvalue weighted by molar-refractivity contribution is -0.168. The minimum Gasteiger partial charge on any atom is -0.351 e. The van der Waals surface area contributed by atoms with Gasteiger partial charge in [-0.2, -0.15) is 0 Å². The number of likely N-dealkylation sites (tertiary alicyclic amines) is 1. The largest absolute Gasteiger partial charge is 0.351 e. The molecule has 26 heavy (non-hydrogen) atoms. The van der Waals surface area contributed by atoms with Crippen LogP contribution in [-0.2, 0) is 9.59 Å². The summed E-state index contributed by atoms with van der Waals surface area (Å²) >= 11 is 0. The highest BCUT2D eigenvalue weighted by Gasteiger charge is 2.52. The quantitative estimate of drug-likeness (QED) is 0.834. The van der Waals surface area contributed by atoms with E-state index in [-0.39, 0.29) is 29.8 Å². The van der Waals surface area contributed by atoms with Crippen molar-refractivity contribution in [1.82, 2.24) is 10.2 Å². The summed E-state index contributed by atoms with van der Waals surface area (Å²) in [6.07, 6.45) is 10.1. The van der Waals surface area contributed by atoms with E-state index in [2.05, 4.69) is 5.32 Å². The van der Waals surface area contributed by atoms with Crippen LogP contribution in [-0.4, -0.2) is 28.8 Å². The van der Waals surface area contributed by atoms with Gasteiger partial charge in [0, 0.05) is 12.1 Å². The third kappa shape index (κ3) is 3.26. The van der Waals surface area contributed by atoms with Crippen LogP contribution in [0, 0.1) is 12.8 Å². The third-order valence-corrected chi connectivity index (χ3v) is 6.53. The number of benzene rings is 1. The molecule has 0 aromatic heterocycles. The number of β-lactam (4-membered cyclic amide) rings is 1. The predicted molar refractivity (Wildman–Crippen MR) is 102 cm³/mol. The fraction of sp³-hybridized carbons (Fsp3) is 0.636. The van der Waals surface area contributed by atoms with E-state index in [1.807, 2.05) is 36.1 Å². The van der Waals surface area contributed by atoms with Crippen molar-refractivity contribution in [2.75, 3.05) is 0 Å². The van der Waals surface area contributed by atoms with Crippen molar-refractivity contribution >= 4 is 11.8 Å². The Labute approximate surface area is 156 Å². The van der Waals surface area contributed by atoms with Crippen molar-refractivity contribution in [3.8, 4) is 0 Å². The monoisotopic (exact) mass is 354 g/mol. The Bertz CT molecular complexity index is 663. The molecule has 0 bridgehead atoms. The topological polar surface area (TPSA) is 49.4 Å². The molecule has 4 nitrogen and oxygen atoms in total. The van der Waals surface area contributed by atoms with Gasteiger partial charge < -0.3 is 10.2 Å². The van der Waals surface area contributed by atoms with Crippen molar-refractivity contribution in [2.45, 2.75) is 82.8 Å². The molecule has 1 aromatic carbocycles. The SMILES string of the molecule is Cc1ccc(C(C(=O)NC2CCCCC2)N2C(=O)[C@@H]3CCCC[C@@H]32)cc1. The van der Waals surface area contributed by atoms with Crippen LogP contribution in [0.15, 0.2) is 24.3 Å². The lowest BCUT2D eigenvalue weighted by Gasteiger charge is -2.53. The highest BCUT2D eigenvalue weighted by Crippen LogP contribution is 2.43. The van der Waals surface area contributed by atoms with Crippen LogP contribution in [0.2, 0.25) is 0 Å². The van der Waals surface area contributed by atoms with Gasteiger partial charge in [0.1, 0.15) is 6.04 Å². The van der Waals surface area contributed by atoms with E-state index in [4.69, 9.17) is 0 Å². The summed E-state index contributed by atoms with van der Waals surface area (Å²) < 4.78 is 0. The summed E-state index contributed by atoms with van der Waals surface area (Å²) in [5.74, 6) is 0.344. The van der Waals surface area contributed by atoms with Gasteiger partial charge in [-0.1, -0.05) is 61.9 Å². The number of aryl methyl sites for hydroxylation is 1. The number of hydrogen-bond donors (Lipinski definition) is 1. The Morgan fingerprint density at radius 3 is 2.38 bits per heavy atom. The first-order valence-corrected chi connectivity index (χ1v) is 10.3. The lowest BCUT2D eigenvalue weighted by atomic mass is 9.74. The molecule has 1 aromatic rings. The van der Waals surface area contributed by atoms with Gasteiger partial charge in [0.15, 0.2) is 0 Å². The standard InChI is InChI=1S/C22H30N2O2/c1-15-11-13-16(14-12-15)20(21(25)23-17-7-3-2-4-8-17)24-19-10-6-5-9-18(19)22(24)26/h11-14,17-20H,2-10H2,1H3,(H,23,25)/t18-,19+,20?/m1/s1. The molecule has 3 aliphatic rings. The molecular weight excluding hydrogens is 324 g/mol. The summed E-state index contributed by atoms with van der Waals surface area (Å²) in [5.41, 5.74) is 2.12. The van der Waals surface area contributed by atoms with Gasteiger partial charge in [0.05, 0.1) is 5.92 Å². The number of hydrogen-bond acceptors (Lipinski definition) is 2. The zero-order valence-electron chi connectivity index (χ0n) is 15.7. The highest BCUT2D eigenvalue weighted by atomic mass is 16.2. The van der Waals surface area contributed by atoms with Gasteiger partial charge in [-0.25, -0.2) is 0 Å². The Morgan fingerprint density at radius 1 is 1.00 bits per heavy atom. The first-order chi connectivity index (χ1) is 12.6. The molecule has 0 radical (unpaired) electrons. The average Bonchev–Trinajstić information content (AvgIpc) is 2.67. The molecule has 1 N–H and O–H groups in total. The van der Waals surface area contributed by atoms with Crippen LogP contribution in [0.25, 0.3) is 0 Å². The van der Waals surface area contributed by atoms with Gasteiger partial charge >= 0.3 is 0 Å². The van der Waals surface area contributed by atoms with E-state index in [0.29, 0.717) is 0 Å². The first-order valence-electron chi connectivity index (χ1n) is 10.3. The minimum absolute atomic E-state index is 0.0122. The number of nitrogens with one attached hydrogen (secondary N) is 1. The zero-order chi connectivity index (χ0) is 18.1. The predicted octanol–water partition coefficient (Wildman–Crippen LogP) is 3.89. The zero-order valence-corrected chi connectivity index (χ0v) is 15.7. The van der Waals surface area contributed by atoms with Gasteiger partial charge in [0.25, 0.3) is 0 Å². The van der Waals surface area contributed by atoms with Crippen molar-refractivity contribution in [3.63, 3.8) is 0 Å². The van der Waals surface area contributed by atoms with Crippen molar-refractivity contribution in [3.05, 3.63) is 35.4 Å². The minimum atomic E-state index is -0.468. The van der Waals surface area contributed by atoms with E-state index in [1.54, 1.807) is 0 Å². The number of nitrogens with zero attached hydrogens (tertiary/aromatic N) is 1. The fourth-order valence-corrected chi connectivity index (χ4v) is 5.04. The Kier molecular flexibility index (Phi) is 5.01. The number of carbonyl (C=O) groups is 2. The normalized spacial score (nSPS) is 27.4. The van der Waals surface area contributed by atoms with Crippen LogP contribution >= 0.6 is 0 Å². The molecular formula is C22H30N2O2. The van der Waals surface area contributed by atoms with Crippen LogP contribution in [0.4, 0.5) is 0 Å². The summed E-state index contributed by atoms with van der Waals surface area (Å²) in [7, 11) is 0. The van der Waals surface area contributed by atoms with Crippen molar-refractivity contribution in [1.29, 1.82) is 0 Å². The van der Waals surface area contributed by atoms with E-state index in [9.17, 15) is 9.59 Å². The summed E-state index contributed by atoms with van der Waals surface area (Å²) in [5, 5.41) is 3.26. The van der Waals surface area contributed by atoms with Crippen molar-refractivity contribution in [2.24, 2.45) is 5.92 Å². The first kappa shape index (κ1) is 17.6. The molecule has 4 rings (SSSR count). The van der Waals surface area contributed by atoms with Gasteiger partial charge in [-0.3, -0.25) is 9.59 Å². The van der Waals surface area contributed by atoms with E-state index >= 15 is 0 Å². The second kappa shape index (κ2) is 7.42. The van der Waals surface area contributed by atoms with Crippen LogP contribution < -0.4 is 5.32 Å². The lowest BCUT2D eigenvalue weighted by Crippen LogP contribution is -2.65. The molecule has 3 fully saturated rings. The van der Waals surface area contributed by atoms with Gasteiger partial charge in [0.2, 0.25) is 11.8 Å². The van der Waals surface area contributed by atoms with E-state index in [0.717, 1.165) is 44.1 Å². The van der Waals surface area contributed by atoms with Gasteiger partial charge in [-0.05, 0) is 38.2 Å². The second-order valence-electron chi connectivity index (χ2n) is 8.36. The number of fused-ring (bicyclic) bond motifs is 1. The van der Waals surface area contributed by atoms with Crippen LogP contribution in [0.3, 0.4) is 0 Å². The molecule has 2 amide bonds. The second-order valence-corrected chi connectivity index (χ2v) is 8.36. The van der Waals surface area contributed by atoms with E-state index in [1.165, 1.54) is 24.8 Å². The Balaban J connectivity index is 1.58. The molecule has 2 saturated carbocycles. The fourth-order valence-electron chi connectivity index (χ4n) is 5.04. The van der Waals surface area contributed by atoms with Crippen LogP contribution in [0.1, 0.15) is 75.0 Å². The molecule has 1 unspecified atom stereocenters. The smallest absolute Gasteiger partial charge is 0.247 e. The molecule has 2 aliphatic carbocycles. The molecule has 1 aliphatic heterocycles. The maximum absolute atomic E-state index is 13.2. The number of rotatable bonds is 4. The number of carbonyl (C=O) groups excluding carboxylic acids is 2. The molecule has 1 saturated heterocycles. The molecule has 140 valence electrons. The maximum atomic E-state index is 13.2. The van der Waals surface area contributed by atoms with Crippen molar-refractivity contribution < 1.29 is 9.59 Å².